The van der Waals surface area contributed by atoms with Crippen molar-refractivity contribution in [3.8, 4) is 0 Å². The predicted octanol–water partition coefficient (Wildman–Crippen LogP) is 3.37. The van der Waals surface area contributed by atoms with E-state index in [2.05, 4.69) is 48.7 Å². The van der Waals surface area contributed by atoms with Crippen LogP contribution in [0.25, 0.3) is 0 Å². The van der Waals surface area contributed by atoms with Gasteiger partial charge in [-0.3, -0.25) is 9.79 Å². The van der Waals surface area contributed by atoms with Crippen LogP contribution < -0.4 is 10.6 Å². The molecule has 3 unspecified atom stereocenters. The van der Waals surface area contributed by atoms with Crippen LogP contribution in [0.5, 0.6) is 0 Å². The third-order valence-corrected chi connectivity index (χ3v) is 7.66. The van der Waals surface area contributed by atoms with E-state index in [1.807, 2.05) is 11.0 Å². The Hall–Kier alpha value is -2.08. The van der Waals surface area contributed by atoms with Gasteiger partial charge in [0.25, 0.3) is 0 Å². The molecule has 3 fully saturated rings. The summed E-state index contributed by atoms with van der Waals surface area (Å²) in [7, 11) is 0. The number of aliphatic imine (C=N–C) groups is 1. The van der Waals surface area contributed by atoms with E-state index in [0.717, 1.165) is 45.0 Å². The van der Waals surface area contributed by atoms with Crippen LogP contribution in [0, 0.1) is 11.3 Å². The Morgan fingerprint density at radius 2 is 2.00 bits per heavy atom. The summed E-state index contributed by atoms with van der Waals surface area (Å²) in [6.45, 7) is 8.14. The molecule has 6 heteroatoms. The predicted molar refractivity (Wildman–Crippen MR) is 129 cm³/mol. The number of nitrogens with one attached hydrogen (secondary N) is 2. The second-order valence-electron chi connectivity index (χ2n) is 9.68. The highest BCUT2D eigenvalue weighted by Gasteiger charge is 2.57. The highest BCUT2D eigenvalue weighted by molar-refractivity contribution is 5.81. The lowest BCUT2D eigenvalue weighted by molar-refractivity contribution is -0.127. The number of nitrogens with zero attached hydrogens (tertiary/aromatic N) is 2. The monoisotopic (exact) mass is 440 g/mol. The molecule has 2 N–H and O–H groups in total. The molecule has 1 spiro atoms. The highest BCUT2D eigenvalue weighted by Crippen LogP contribution is 2.54. The fraction of sp³-hybridized carbons (Fsp3) is 0.692. The van der Waals surface area contributed by atoms with E-state index < -0.39 is 0 Å². The third kappa shape index (κ3) is 5.11. The quantitative estimate of drug-likeness (QED) is 0.456. The van der Waals surface area contributed by atoms with E-state index in [1.54, 1.807) is 0 Å². The molecule has 176 valence electrons. The second kappa shape index (κ2) is 10.7. The molecule has 0 radical (unpaired) electrons. The van der Waals surface area contributed by atoms with Crippen LogP contribution in [0.4, 0.5) is 0 Å². The molecule has 1 heterocycles. The topological polar surface area (TPSA) is 66.0 Å². The van der Waals surface area contributed by atoms with Gasteiger partial charge in [-0.05, 0) is 45.1 Å². The summed E-state index contributed by atoms with van der Waals surface area (Å²) < 4.78 is 6.06. The second-order valence-corrected chi connectivity index (χ2v) is 9.68. The van der Waals surface area contributed by atoms with Crippen molar-refractivity contribution >= 4 is 11.9 Å². The first-order valence-corrected chi connectivity index (χ1v) is 12.6. The zero-order valence-electron chi connectivity index (χ0n) is 19.8. The smallest absolute Gasteiger partial charge is 0.223 e. The molecule has 1 aliphatic heterocycles. The summed E-state index contributed by atoms with van der Waals surface area (Å²) in [5.41, 5.74) is 1.57. The summed E-state index contributed by atoms with van der Waals surface area (Å²) in [6, 6.07) is 10.8. The van der Waals surface area contributed by atoms with Gasteiger partial charge in [-0.15, -0.1) is 0 Å². The summed E-state index contributed by atoms with van der Waals surface area (Å²) >= 11 is 0. The van der Waals surface area contributed by atoms with Gasteiger partial charge in [-0.25, -0.2) is 0 Å². The SMILES string of the molecule is CCNC(=NCC1CC(=O)N(CCc2ccccc2)C1)NC1CC(OCC)C12CCCC2. The molecular formula is C26H40N4O2. The number of benzene rings is 1. The number of hydrogen-bond acceptors (Lipinski definition) is 3. The first-order valence-electron chi connectivity index (χ1n) is 12.6. The van der Waals surface area contributed by atoms with E-state index in [0.29, 0.717) is 31.0 Å². The van der Waals surface area contributed by atoms with E-state index in [1.165, 1.54) is 31.2 Å². The van der Waals surface area contributed by atoms with Gasteiger partial charge < -0.3 is 20.3 Å². The van der Waals surface area contributed by atoms with Crippen LogP contribution in [0.1, 0.15) is 57.9 Å². The summed E-state index contributed by atoms with van der Waals surface area (Å²) in [4.78, 5) is 19.4. The van der Waals surface area contributed by atoms with Gasteiger partial charge in [0, 0.05) is 56.6 Å². The maximum absolute atomic E-state index is 12.5. The first-order chi connectivity index (χ1) is 15.6. The molecule has 0 aromatic heterocycles. The molecule has 6 nitrogen and oxygen atoms in total. The van der Waals surface area contributed by atoms with Crippen LogP contribution in [-0.4, -0.2) is 61.7 Å². The van der Waals surface area contributed by atoms with Crippen molar-refractivity contribution in [1.29, 1.82) is 0 Å². The number of rotatable bonds is 9. The van der Waals surface area contributed by atoms with Crippen molar-refractivity contribution in [3.05, 3.63) is 35.9 Å². The van der Waals surface area contributed by atoms with Crippen LogP contribution in [0.3, 0.4) is 0 Å². The lowest BCUT2D eigenvalue weighted by atomic mass is 9.60. The Morgan fingerprint density at radius 3 is 2.72 bits per heavy atom. The molecule has 0 bridgehead atoms. The summed E-state index contributed by atoms with van der Waals surface area (Å²) in [5.74, 6) is 1.46. The zero-order valence-corrected chi connectivity index (χ0v) is 19.8. The lowest BCUT2D eigenvalue weighted by Crippen LogP contribution is -2.65. The Kier molecular flexibility index (Phi) is 7.71. The van der Waals surface area contributed by atoms with Crippen molar-refractivity contribution in [2.45, 2.75) is 70.9 Å². The normalized spacial score (nSPS) is 27.1. The fourth-order valence-electron chi connectivity index (χ4n) is 5.90. The minimum Gasteiger partial charge on any atom is -0.378 e. The molecule has 2 saturated carbocycles. The molecule has 1 saturated heterocycles. The first kappa shape index (κ1) is 23.1. The number of carbonyl (C=O) groups is 1. The van der Waals surface area contributed by atoms with Gasteiger partial charge in [0.1, 0.15) is 0 Å². The Bertz CT molecular complexity index is 775. The minimum absolute atomic E-state index is 0.266. The zero-order chi connectivity index (χ0) is 22.4. The number of amides is 1. The Labute approximate surface area is 193 Å². The van der Waals surface area contributed by atoms with Crippen LogP contribution in [0.2, 0.25) is 0 Å². The van der Waals surface area contributed by atoms with Crippen LogP contribution >= 0.6 is 0 Å². The molecule has 2 aliphatic carbocycles. The van der Waals surface area contributed by atoms with E-state index >= 15 is 0 Å². The molecule has 1 aromatic carbocycles. The molecule has 4 rings (SSSR count). The standard InChI is InChI=1S/C26H40N4O2/c1-3-27-25(29-22-17-23(32-4-2)26(22)13-8-9-14-26)28-18-21-16-24(31)30(19-21)15-12-20-10-6-5-7-11-20/h5-7,10-11,21-23H,3-4,8-9,12-19H2,1-2H3,(H2,27,28,29). The number of guanidine groups is 1. The summed E-state index contributed by atoms with van der Waals surface area (Å²) in [6.07, 6.45) is 8.09. The maximum atomic E-state index is 12.5. The molecule has 1 aromatic rings. The average Bonchev–Trinajstić information content (AvgIpc) is 3.45. The highest BCUT2D eigenvalue weighted by atomic mass is 16.5. The van der Waals surface area contributed by atoms with Crippen molar-refractivity contribution in [2.75, 3.05) is 32.8 Å². The lowest BCUT2D eigenvalue weighted by Gasteiger charge is -2.54. The van der Waals surface area contributed by atoms with Crippen molar-refractivity contribution in [2.24, 2.45) is 16.3 Å². The van der Waals surface area contributed by atoms with Gasteiger partial charge in [-0.1, -0.05) is 43.2 Å². The van der Waals surface area contributed by atoms with Crippen molar-refractivity contribution in [1.82, 2.24) is 15.5 Å². The number of ether oxygens (including phenoxy) is 1. The van der Waals surface area contributed by atoms with Gasteiger partial charge >= 0.3 is 0 Å². The maximum Gasteiger partial charge on any atom is 0.223 e. The van der Waals surface area contributed by atoms with E-state index in [-0.39, 0.29) is 11.3 Å². The minimum atomic E-state index is 0.266. The van der Waals surface area contributed by atoms with Crippen molar-refractivity contribution in [3.63, 3.8) is 0 Å². The van der Waals surface area contributed by atoms with Gasteiger partial charge in [0.2, 0.25) is 5.91 Å². The van der Waals surface area contributed by atoms with Crippen LogP contribution in [0.15, 0.2) is 35.3 Å². The van der Waals surface area contributed by atoms with Crippen molar-refractivity contribution < 1.29 is 9.53 Å². The van der Waals surface area contributed by atoms with Gasteiger partial charge in [-0.2, -0.15) is 0 Å². The molecule has 3 aliphatic rings. The van der Waals surface area contributed by atoms with Gasteiger partial charge in [0.05, 0.1) is 6.10 Å². The summed E-state index contributed by atoms with van der Waals surface area (Å²) in [5, 5.41) is 7.16. The Balaban J connectivity index is 1.30. The number of likely N-dealkylation sites (tertiary alicyclic amines) is 1. The molecule has 3 atom stereocenters. The molecule has 1 amide bonds. The van der Waals surface area contributed by atoms with E-state index in [4.69, 9.17) is 9.73 Å². The fourth-order valence-corrected chi connectivity index (χ4v) is 5.90. The van der Waals surface area contributed by atoms with Gasteiger partial charge in [0.15, 0.2) is 5.96 Å². The largest absolute Gasteiger partial charge is 0.378 e. The number of hydrogen-bond donors (Lipinski definition) is 2. The molecular weight excluding hydrogens is 400 g/mol. The molecule has 32 heavy (non-hydrogen) atoms. The Morgan fingerprint density at radius 1 is 1.22 bits per heavy atom. The third-order valence-electron chi connectivity index (χ3n) is 7.66. The average molecular weight is 441 g/mol. The van der Waals surface area contributed by atoms with Crippen LogP contribution in [-0.2, 0) is 16.0 Å². The van der Waals surface area contributed by atoms with E-state index in [9.17, 15) is 4.79 Å². The number of carbonyl (C=O) groups excluding carboxylic acids is 1.